The summed E-state index contributed by atoms with van der Waals surface area (Å²) in [6.07, 6.45) is 7.41. The number of aromatic nitrogens is 2. The first-order valence-corrected chi connectivity index (χ1v) is 8.65. The Morgan fingerprint density at radius 3 is 3.04 bits per heavy atom. The van der Waals surface area contributed by atoms with Gasteiger partial charge in [-0.05, 0) is 50.9 Å². The summed E-state index contributed by atoms with van der Waals surface area (Å²) >= 11 is 0. The average Bonchev–Trinajstić information content (AvgIpc) is 2.97. The van der Waals surface area contributed by atoms with Crippen LogP contribution in [0.2, 0.25) is 0 Å². The van der Waals surface area contributed by atoms with Gasteiger partial charge in [0.15, 0.2) is 0 Å². The topological polar surface area (TPSA) is 50.5 Å². The Hall–Kier alpha value is -1.59. The molecule has 0 amide bonds. The van der Waals surface area contributed by atoms with Crippen LogP contribution in [0.1, 0.15) is 32.1 Å². The second-order valence-corrected chi connectivity index (χ2v) is 6.98. The first kappa shape index (κ1) is 15.0. The zero-order chi connectivity index (χ0) is 15.9. The van der Waals surface area contributed by atoms with Crippen LogP contribution in [0.3, 0.4) is 0 Å². The molecule has 1 aromatic carbocycles. The summed E-state index contributed by atoms with van der Waals surface area (Å²) in [6, 6.07) is 6.23. The highest BCUT2D eigenvalue weighted by Gasteiger charge is 2.44. The molecule has 2 atom stereocenters. The fourth-order valence-electron chi connectivity index (χ4n) is 4.40. The molecule has 5 nitrogen and oxygen atoms in total. The van der Waals surface area contributed by atoms with Crippen molar-refractivity contribution in [2.45, 2.75) is 50.3 Å². The van der Waals surface area contributed by atoms with Crippen molar-refractivity contribution in [3.63, 3.8) is 0 Å². The second kappa shape index (κ2) is 5.80. The third-order valence-electron chi connectivity index (χ3n) is 5.56. The first-order chi connectivity index (χ1) is 11.2. The minimum absolute atomic E-state index is 0.292. The van der Waals surface area contributed by atoms with E-state index in [-0.39, 0.29) is 0 Å². The SMILES string of the molecule is COc1ccc2c(c1)ncn2C[C@]1(O)CCCN2CCCC[C@@H]21. The third kappa shape index (κ3) is 2.62. The Labute approximate surface area is 136 Å². The normalized spacial score (nSPS) is 28.7. The molecular formula is C18H25N3O2. The van der Waals surface area contributed by atoms with Crippen molar-refractivity contribution in [3.05, 3.63) is 24.5 Å². The lowest BCUT2D eigenvalue weighted by molar-refractivity contribution is -0.103. The van der Waals surface area contributed by atoms with Gasteiger partial charge in [-0.25, -0.2) is 4.98 Å². The molecule has 4 rings (SSSR count). The lowest BCUT2D eigenvalue weighted by Gasteiger charge is -2.49. The highest BCUT2D eigenvalue weighted by atomic mass is 16.5. The number of methoxy groups -OCH3 is 1. The molecule has 2 aromatic rings. The number of hydrogen-bond donors (Lipinski definition) is 1. The average molecular weight is 315 g/mol. The minimum atomic E-state index is -0.647. The number of benzene rings is 1. The van der Waals surface area contributed by atoms with E-state index in [0.29, 0.717) is 12.6 Å². The number of aliphatic hydroxyl groups is 1. The molecule has 0 spiro atoms. The van der Waals surface area contributed by atoms with Gasteiger partial charge >= 0.3 is 0 Å². The lowest BCUT2D eigenvalue weighted by Crippen LogP contribution is -2.60. The Bertz CT molecular complexity index is 697. The van der Waals surface area contributed by atoms with Crippen molar-refractivity contribution >= 4 is 11.0 Å². The predicted molar refractivity (Wildman–Crippen MR) is 89.7 cm³/mol. The van der Waals surface area contributed by atoms with Gasteiger partial charge < -0.3 is 14.4 Å². The fraction of sp³-hybridized carbons (Fsp3) is 0.611. The highest BCUT2D eigenvalue weighted by Crippen LogP contribution is 2.36. The van der Waals surface area contributed by atoms with Gasteiger partial charge in [0, 0.05) is 12.1 Å². The molecule has 1 N–H and O–H groups in total. The zero-order valence-corrected chi connectivity index (χ0v) is 13.7. The van der Waals surface area contributed by atoms with Crippen molar-refractivity contribution in [2.75, 3.05) is 20.2 Å². The summed E-state index contributed by atoms with van der Waals surface area (Å²) in [6.45, 7) is 2.89. The first-order valence-electron chi connectivity index (χ1n) is 8.65. The molecule has 0 aliphatic carbocycles. The van der Waals surface area contributed by atoms with Crippen LogP contribution in [0.5, 0.6) is 5.75 Å². The van der Waals surface area contributed by atoms with Crippen LogP contribution >= 0.6 is 0 Å². The quantitative estimate of drug-likeness (QED) is 0.945. The Kier molecular flexibility index (Phi) is 3.77. The fourth-order valence-corrected chi connectivity index (χ4v) is 4.40. The molecule has 2 saturated heterocycles. The number of ether oxygens (including phenoxy) is 1. The van der Waals surface area contributed by atoms with Gasteiger partial charge in [0.05, 0.1) is 36.6 Å². The Morgan fingerprint density at radius 2 is 2.17 bits per heavy atom. The molecule has 5 heteroatoms. The summed E-state index contributed by atoms with van der Waals surface area (Å²) in [5.41, 5.74) is 1.34. The second-order valence-electron chi connectivity index (χ2n) is 6.98. The standard InChI is InChI=1S/C18H25N3O2/c1-23-14-6-7-16-15(11-14)19-13-21(16)12-18(22)8-4-10-20-9-3-2-5-17(18)20/h6-7,11,13,17,22H,2-5,8-10,12H2,1H3/t17-,18-/m1/s1. The summed E-state index contributed by atoms with van der Waals surface area (Å²) in [5, 5.41) is 11.4. The Balaban J connectivity index is 1.63. The van der Waals surface area contributed by atoms with Crippen LogP contribution in [0.15, 0.2) is 24.5 Å². The maximum absolute atomic E-state index is 11.4. The van der Waals surface area contributed by atoms with Crippen LogP contribution in [-0.2, 0) is 6.54 Å². The number of piperidine rings is 2. The van der Waals surface area contributed by atoms with Crippen molar-refractivity contribution in [1.82, 2.24) is 14.5 Å². The van der Waals surface area contributed by atoms with Gasteiger partial charge in [-0.3, -0.25) is 4.90 Å². The molecule has 0 saturated carbocycles. The Morgan fingerprint density at radius 1 is 1.30 bits per heavy atom. The van der Waals surface area contributed by atoms with Gasteiger partial charge in [-0.2, -0.15) is 0 Å². The van der Waals surface area contributed by atoms with E-state index in [0.717, 1.165) is 49.1 Å². The zero-order valence-electron chi connectivity index (χ0n) is 13.7. The maximum atomic E-state index is 11.4. The molecule has 2 aliphatic rings. The van der Waals surface area contributed by atoms with Crippen molar-refractivity contribution in [1.29, 1.82) is 0 Å². The molecule has 2 aliphatic heterocycles. The molecule has 23 heavy (non-hydrogen) atoms. The van der Waals surface area contributed by atoms with E-state index in [1.165, 1.54) is 12.8 Å². The molecule has 124 valence electrons. The minimum Gasteiger partial charge on any atom is -0.497 e. The van der Waals surface area contributed by atoms with Gasteiger partial charge in [0.25, 0.3) is 0 Å². The van der Waals surface area contributed by atoms with E-state index < -0.39 is 5.60 Å². The predicted octanol–water partition coefficient (Wildman–Crippen LogP) is 2.42. The van der Waals surface area contributed by atoms with Gasteiger partial charge in [0.2, 0.25) is 0 Å². The number of nitrogens with zero attached hydrogens (tertiary/aromatic N) is 3. The summed E-state index contributed by atoms with van der Waals surface area (Å²) in [5.74, 6) is 0.817. The van der Waals surface area contributed by atoms with E-state index in [1.54, 1.807) is 7.11 Å². The number of imidazole rings is 1. The van der Waals surface area contributed by atoms with Crippen molar-refractivity contribution in [2.24, 2.45) is 0 Å². The summed E-state index contributed by atoms with van der Waals surface area (Å²) in [4.78, 5) is 6.98. The molecule has 2 fully saturated rings. The van der Waals surface area contributed by atoms with Gasteiger partial charge in [0.1, 0.15) is 5.75 Å². The summed E-state index contributed by atoms with van der Waals surface area (Å²) in [7, 11) is 1.67. The number of hydrogen-bond acceptors (Lipinski definition) is 4. The van der Waals surface area contributed by atoms with E-state index in [2.05, 4.69) is 14.5 Å². The number of fused-ring (bicyclic) bond motifs is 2. The monoisotopic (exact) mass is 315 g/mol. The smallest absolute Gasteiger partial charge is 0.121 e. The molecular weight excluding hydrogens is 290 g/mol. The van der Waals surface area contributed by atoms with Gasteiger partial charge in [-0.1, -0.05) is 6.42 Å². The van der Waals surface area contributed by atoms with E-state index in [1.807, 2.05) is 24.5 Å². The molecule has 1 aromatic heterocycles. The molecule has 3 heterocycles. The van der Waals surface area contributed by atoms with Crippen LogP contribution in [0.25, 0.3) is 11.0 Å². The molecule has 0 bridgehead atoms. The third-order valence-corrected chi connectivity index (χ3v) is 5.56. The van der Waals surface area contributed by atoms with Crippen molar-refractivity contribution in [3.8, 4) is 5.75 Å². The number of rotatable bonds is 3. The van der Waals surface area contributed by atoms with Crippen molar-refractivity contribution < 1.29 is 9.84 Å². The maximum Gasteiger partial charge on any atom is 0.121 e. The van der Waals surface area contributed by atoms with Crippen LogP contribution in [-0.4, -0.2) is 51.4 Å². The van der Waals surface area contributed by atoms with E-state index >= 15 is 0 Å². The van der Waals surface area contributed by atoms with Crippen LogP contribution in [0.4, 0.5) is 0 Å². The van der Waals surface area contributed by atoms with Crippen LogP contribution in [0, 0.1) is 0 Å². The molecule has 0 radical (unpaired) electrons. The lowest BCUT2D eigenvalue weighted by atomic mass is 9.79. The van der Waals surface area contributed by atoms with E-state index in [4.69, 9.17) is 4.74 Å². The molecule has 0 unspecified atom stereocenters. The van der Waals surface area contributed by atoms with Crippen LogP contribution < -0.4 is 4.74 Å². The highest BCUT2D eigenvalue weighted by molar-refractivity contribution is 5.77. The van der Waals surface area contributed by atoms with E-state index in [9.17, 15) is 5.11 Å². The van der Waals surface area contributed by atoms with Gasteiger partial charge in [-0.15, -0.1) is 0 Å². The largest absolute Gasteiger partial charge is 0.497 e. The summed E-state index contributed by atoms with van der Waals surface area (Å²) < 4.78 is 7.37.